The Bertz CT molecular complexity index is 431. The normalized spacial score (nSPS) is 34.2. The molecule has 0 N–H and O–H groups in total. The van der Waals surface area contributed by atoms with Crippen molar-refractivity contribution in [2.45, 2.75) is 73.1 Å². The van der Waals surface area contributed by atoms with Crippen molar-refractivity contribution in [1.82, 2.24) is 0 Å². The van der Waals surface area contributed by atoms with E-state index >= 15 is 0 Å². The lowest BCUT2D eigenvalue weighted by Crippen LogP contribution is -2.24. The third kappa shape index (κ3) is 3.45. The fourth-order valence-corrected chi connectivity index (χ4v) is 4.23. The standard InChI is InChI=1S/C20H32/c1-15(2)7-6-8-17(4)18-12-14-20(5)13-11-16(3)9-10-19(18)20/h7-8,11,18-19H,6,9-10,12-14H2,1-5H3/b17-8-/t18-,19+,20+/m0/s1. The van der Waals surface area contributed by atoms with Crippen LogP contribution in [0.25, 0.3) is 0 Å². The first-order valence-electron chi connectivity index (χ1n) is 8.38. The Labute approximate surface area is 126 Å². The molecule has 2 aliphatic rings. The second-order valence-corrected chi connectivity index (χ2v) is 7.66. The molecule has 0 aliphatic heterocycles. The summed E-state index contributed by atoms with van der Waals surface area (Å²) in [4.78, 5) is 0. The Hall–Kier alpha value is -0.780. The fraction of sp³-hybridized carbons (Fsp3) is 0.700. The van der Waals surface area contributed by atoms with Crippen molar-refractivity contribution in [3.8, 4) is 0 Å². The number of hydrogen-bond acceptors (Lipinski definition) is 0. The molecule has 0 heteroatoms. The molecule has 0 spiro atoms. The van der Waals surface area contributed by atoms with Crippen LogP contribution in [0.5, 0.6) is 0 Å². The second-order valence-electron chi connectivity index (χ2n) is 7.66. The molecule has 0 amide bonds. The van der Waals surface area contributed by atoms with Crippen molar-refractivity contribution in [3.05, 3.63) is 34.9 Å². The summed E-state index contributed by atoms with van der Waals surface area (Å²) >= 11 is 0. The monoisotopic (exact) mass is 272 g/mol. The molecule has 0 bridgehead atoms. The molecule has 0 aromatic rings. The van der Waals surface area contributed by atoms with Gasteiger partial charge in [-0.25, -0.2) is 0 Å². The topological polar surface area (TPSA) is 0 Å². The van der Waals surface area contributed by atoms with E-state index in [1.165, 1.54) is 37.7 Å². The van der Waals surface area contributed by atoms with Crippen molar-refractivity contribution < 1.29 is 0 Å². The summed E-state index contributed by atoms with van der Waals surface area (Å²) in [7, 11) is 0. The summed E-state index contributed by atoms with van der Waals surface area (Å²) in [6, 6.07) is 0. The molecule has 2 aliphatic carbocycles. The maximum absolute atomic E-state index is 2.54. The van der Waals surface area contributed by atoms with Gasteiger partial charge in [0.15, 0.2) is 0 Å². The molecule has 20 heavy (non-hydrogen) atoms. The Balaban J connectivity index is 2.09. The largest absolute Gasteiger partial charge is 0.0851 e. The van der Waals surface area contributed by atoms with E-state index in [9.17, 15) is 0 Å². The Kier molecular flexibility index (Phi) is 4.94. The van der Waals surface area contributed by atoms with Crippen LogP contribution in [-0.2, 0) is 0 Å². The molecule has 0 aromatic heterocycles. The van der Waals surface area contributed by atoms with Gasteiger partial charge in [0, 0.05) is 0 Å². The summed E-state index contributed by atoms with van der Waals surface area (Å²) in [6.45, 7) is 11.6. The third-order valence-electron chi connectivity index (χ3n) is 5.72. The molecule has 0 unspecified atom stereocenters. The van der Waals surface area contributed by atoms with Crippen LogP contribution >= 0.6 is 0 Å². The van der Waals surface area contributed by atoms with Crippen LogP contribution in [0, 0.1) is 17.3 Å². The summed E-state index contributed by atoms with van der Waals surface area (Å²) in [5, 5.41) is 0. The minimum atomic E-state index is 0.564. The van der Waals surface area contributed by atoms with Gasteiger partial charge in [-0.1, -0.05) is 41.9 Å². The maximum Gasteiger partial charge on any atom is -0.0164 e. The first-order valence-corrected chi connectivity index (χ1v) is 8.38. The van der Waals surface area contributed by atoms with Gasteiger partial charge < -0.3 is 0 Å². The highest BCUT2D eigenvalue weighted by Crippen LogP contribution is 2.55. The van der Waals surface area contributed by atoms with E-state index in [2.05, 4.69) is 52.8 Å². The van der Waals surface area contributed by atoms with Crippen molar-refractivity contribution >= 4 is 0 Å². The number of rotatable bonds is 3. The second kappa shape index (κ2) is 6.33. The van der Waals surface area contributed by atoms with Gasteiger partial charge in [0.2, 0.25) is 0 Å². The van der Waals surface area contributed by atoms with Crippen molar-refractivity contribution in [2.75, 3.05) is 0 Å². The van der Waals surface area contributed by atoms with E-state index in [1.807, 2.05) is 0 Å². The third-order valence-corrected chi connectivity index (χ3v) is 5.72. The predicted octanol–water partition coefficient (Wildman–Crippen LogP) is 6.45. The molecule has 112 valence electrons. The van der Waals surface area contributed by atoms with Gasteiger partial charge in [-0.3, -0.25) is 0 Å². The lowest BCUT2D eigenvalue weighted by Gasteiger charge is -2.33. The zero-order valence-corrected chi connectivity index (χ0v) is 14.1. The van der Waals surface area contributed by atoms with E-state index in [0.717, 1.165) is 18.3 Å². The predicted molar refractivity (Wildman–Crippen MR) is 89.7 cm³/mol. The highest BCUT2D eigenvalue weighted by molar-refractivity contribution is 5.16. The van der Waals surface area contributed by atoms with Gasteiger partial charge >= 0.3 is 0 Å². The number of fused-ring (bicyclic) bond motifs is 1. The Morgan fingerprint density at radius 3 is 2.70 bits per heavy atom. The van der Waals surface area contributed by atoms with Crippen molar-refractivity contribution in [3.63, 3.8) is 0 Å². The van der Waals surface area contributed by atoms with Crippen LogP contribution in [0.15, 0.2) is 34.9 Å². The van der Waals surface area contributed by atoms with Crippen molar-refractivity contribution in [2.24, 2.45) is 17.3 Å². The molecule has 1 saturated carbocycles. The lowest BCUT2D eigenvalue weighted by atomic mass is 9.72. The minimum absolute atomic E-state index is 0.564. The SMILES string of the molecule is CC(C)=CC/C=C(/C)[C@@H]1CC[C@@]2(C)CC=C(C)CC[C@H]12. The molecule has 2 rings (SSSR count). The maximum atomic E-state index is 2.54. The van der Waals surface area contributed by atoms with Gasteiger partial charge in [-0.05, 0) is 83.5 Å². The van der Waals surface area contributed by atoms with Gasteiger partial charge in [0.05, 0.1) is 0 Å². The van der Waals surface area contributed by atoms with E-state index < -0.39 is 0 Å². The summed E-state index contributed by atoms with van der Waals surface area (Å²) in [6.07, 6.45) is 15.3. The quantitative estimate of drug-likeness (QED) is 0.518. The molecule has 1 fully saturated rings. The van der Waals surface area contributed by atoms with Crippen LogP contribution in [0.1, 0.15) is 73.1 Å². The molecule has 0 radical (unpaired) electrons. The molecule has 0 aromatic carbocycles. The summed E-state index contributed by atoms with van der Waals surface area (Å²) in [5.74, 6) is 1.74. The Morgan fingerprint density at radius 2 is 2.00 bits per heavy atom. The highest BCUT2D eigenvalue weighted by Gasteiger charge is 2.44. The van der Waals surface area contributed by atoms with Gasteiger partial charge in [0.25, 0.3) is 0 Å². The number of hydrogen-bond donors (Lipinski definition) is 0. The summed E-state index contributed by atoms with van der Waals surface area (Å²) in [5.41, 5.74) is 5.26. The molecule has 0 nitrogen and oxygen atoms in total. The average Bonchev–Trinajstić information content (AvgIpc) is 2.64. The molecule has 0 saturated heterocycles. The highest BCUT2D eigenvalue weighted by atomic mass is 14.5. The smallest absolute Gasteiger partial charge is 0.0164 e. The fourth-order valence-electron chi connectivity index (χ4n) is 4.23. The van der Waals surface area contributed by atoms with Crippen LogP contribution in [0.2, 0.25) is 0 Å². The first-order chi connectivity index (χ1) is 9.42. The van der Waals surface area contributed by atoms with Crippen LogP contribution in [0.4, 0.5) is 0 Å². The molecular formula is C20H32. The summed E-state index contributed by atoms with van der Waals surface area (Å²) < 4.78 is 0. The van der Waals surface area contributed by atoms with E-state index in [4.69, 9.17) is 0 Å². The Morgan fingerprint density at radius 1 is 1.25 bits per heavy atom. The van der Waals surface area contributed by atoms with Gasteiger partial charge in [-0.15, -0.1) is 0 Å². The van der Waals surface area contributed by atoms with Gasteiger partial charge in [-0.2, -0.15) is 0 Å². The van der Waals surface area contributed by atoms with E-state index in [-0.39, 0.29) is 0 Å². The first kappa shape index (κ1) is 15.6. The van der Waals surface area contributed by atoms with Gasteiger partial charge in [0.1, 0.15) is 0 Å². The molecule has 0 heterocycles. The number of allylic oxidation sites excluding steroid dienone is 6. The lowest BCUT2D eigenvalue weighted by molar-refractivity contribution is 0.201. The minimum Gasteiger partial charge on any atom is -0.0851 e. The van der Waals surface area contributed by atoms with Crippen LogP contribution < -0.4 is 0 Å². The van der Waals surface area contributed by atoms with Crippen LogP contribution in [0.3, 0.4) is 0 Å². The molecule has 3 atom stereocenters. The van der Waals surface area contributed by atoms with E-state index in [0.29, 0.717) is 5.41 Å². The zero-order chi connectivity index (χ0) is 14.8. The zero-order valence-electron chi connectivity index (χ0n) is 14.1. The van der Waals surface area contributed by atoms with Crippen molar-refractivity contribution in [1.29, 1.82) is 0 Å². The van der Waals surface area contributed by atoms with Crippen LogP contribution in [-0.4, -0.2) is 0 Å². The molecular weight excluding hydrogens is 240 g/mol. The van der Waals surface area contributed by atoms with E-state index in [1.54, 1.807) is 11.1 Å². The average molecular weight is 272 g/mol.